The molecule has 3 rings (SSSR count). The fourth-order valence-corrected chi connectivity index (χ4v) is 3.34. The maximum atomic E-state index is 12.3. The summed E-state index contributed by atoms with van der Waals surface area (Å²) in [6.45, 7) is 1.71. The lowest BCUT2D eigenvalue weighted by Gasteiger charge is -2.17. The molecule has 1 saturated carbocycles. The third kappa shape index (κ3) is 4.77. The van der Waals surface area contributed by atoms with Gasteiger partial charge in [-0.2, -0.15) is 0 Å². The molecule has 6 heteroatoms. The third-order valence-electron chi connectivity index (χ3n) is 4.69. The van der Waals surface area contributed by atoms with Gasteiger partial charge in [0.15, 0.2) is 11.5 Å². The average Bonchev–Trinajstić information content (AvgIpc) is 3.26. The van der Waals surface area contributed by atoms with Crippen LogP contribution in [0.25, 0.3) is 0 Å². The number of amides is 1. The van der Waals surface area contributed by atoms with Gasteiger partial charge < -0.3 is 20.1 Å². The lowest BCUT2D eigenvalue weighted by atomic mass is 10.1. The molecule has 0 radical (unpaired) electrons. The predicted molar refractivity (Wildman–Crippen MR) is 96.5 cm³/mol. The highest BCUT2D eigenvalue weighted by atomic mass is 35.5. The number of methoxy groups -OCH3 is 1. The number of hydrogen-bond acceptors (Lipinski definition) is 4. The summed E-state index contributed by atoms with van der Waals surface area (Å²) in [6.07, 6.45) is 7.22. The average molecular weight is 355 g/mol. The lowest BCUT2D eigenvalue weighted by molar-refractivity contribution is 0.0950. The first-order valence-electron chi connectivity index (χ1n) is 8.62. The minimum Gasteiger partial charge on any atom is -0.493 e. The van der Waals surface area contributed by atoms with E-state index < -0.39 is 0 Å². The highest BCUT2D eigenvalue weighted by Crippen LogP contribution is 2.32. The van der Waals surface area contributed by atoms with Crippen LogP contribution in [0.3, 0.4) is 0 Å². The van der Waals surface area contributed by atoms with Gasteiger partial charge in [0.05, 0.1) is 13.2 Å². The van der Waals surface area contributed by atoms with E-state index >= 15 is 0 Å². The van der Waals surface area contributed by atoms with Crippen molar-refractivity contribution in [3.05, 3.63) is 23.8 Å². The Kier molecular flexibility index (Phi) is 7.18. The minimum absolute atomic E-state index is 0. The van der Waals surface area contributed by atoms with Crippen LogP contribution in [0.4, 0.5) is 0 Å². The number of hydrogen-bond donors (Lipinski definition) is 2. The summed E-state index contributed by atoms with van der Waals surface area (Å²) >= 11 is 0. The van der Waals surface area contributed by atoms with E-state index in [1.807, 2.05) is 12.1 Å². The van der Waals surface area contributed by atoms with E-state index in [4.69, 9.17) is 9.47 Å². The largest absolute Gasteiger partial charge is 0.493 e. The van der Waals surface area contributed by atoms with Gasteiger partial charge in [-0.15, -0.1) is 12.4 Å². The molecule has 0 bridgehead atoms. The van der Waals surface area contributed by atoms with Crippen LogP contribution < -0.4 is 20.1 Å². The van der Waals surface area contributed by atoms with E-state index in [1.165, 1.54) is 19.3 Å². The Labute approximate surface area is 149 Å². The second kappa shape index (κ2) is 9.14. The summed E-state index contributed by atoms with van der Waals surface area (Å²) < 4.78 is 11.4. The van der Waals surface area contributed by atoms with Crippen molar-refractivity contribution in [1.29, 1.82) is 0 Å². The molecule has 1 aromatic carbocycles. The van der Waals surface area contributed by atoms with Crippen LogP contribution >= 0.6 is 12.4 Å². The molecule has 2 N–H and O–H groups in total. The van der Waals surface area contributed by atoms with Crippen LogP contribution in [0.2, 0.25) is 0 Å². The predicted octanol–water partition coefficient (Wildman–Crippen LogP) is 2.92. The fraction of sp³-hybridized carbons (Fsp3) is 0.611. The molecule has 1 atom stereocenters. The number of carbonyl (C=O) groups excluding carboxylic acids is 1. The Morgan fingerprint density at radius 2 is 2.00 bits per heavy atom. The SMILES string of the molecule is COc1cc(C(=O)NCC2CCCN2)ccc1OC1CCCC1.Cl. The first-order chi connectivity index (χ1) is 11.3. The topological polar surface area (TPSA) is 59.6 Å². The van der Waals surface area contributed by atoms with E-state index in [-0.39, 0.29) is 24.4 Å². The first-order valence-corrected chi connectivity index (χ1v) is 8.62. The summed E-state index contributed by atoms with van der Waals surface area (Å²) in [4.78, 5) is 12.3. The van der Waals surface area contributed by atoms with Gasteiger partial charge >= 0.3 is 0 Å². The van der Waals surface area contributed by atoms with Gasteiger partial charge in [-0.05, 0) is 63.3 Å². The summed E-state index contributed by atoms with van der Waals surface area (Å²) in [5.74, 6) is 1.29. The summed E-state index contributed by atoms with van der Waals surface area (Å²) in [7, 11) is 1.61. The van der Waals surface area contributed by atoms with Crippen molar-refractivity contribution in [3.63, 3.8) is 0 Å². The molecule has 1 saturated heterocycles. The van der Waals surface area contributed by atoms with Gasteiger partial charge in [0, 0.05) is 18.2 Å². The maximum Gasteiger partial charge on any atom is 0.251 e. The maximum absolute atomic E-state index is 12.3. The normalized spacial score (nSPS) is 20.5. The van der Waals surface area contributed by atoms with E-state index in [0.717, 1.165) is 31.6 Å². The van der Waals surface area contributed by atoms with Gasteiger partial charge in [-0.1, -0.05) is 0 Å². The molecule has 5 nitrogen and oxygen atoms in total. The molecule has 1 unspecified atom stereocenters. The minimum atomic E-state index is -0.0654. The molecular formula is C18H27ClN2O3. The zero-order valence-electron chi connectivity index (χ0n) is 14.2. The van der Waals surface area contributed by atoms with Crippen molar-refractivity contribution in [3.8, 4) is 11.5 Å². The highest BCUT2D eigenvalue weighted by Gasteiger charge is 2.20. The van der Waals surface area contributed by atoms with E-state index in [0.29, 0.717) is 23.9 Å². The smallest absolute Gasteiger partial charge is 0.251 e. The van der Waals surface area contributed by atoms with Crippen molar-refractivity contribution in [2.24, 2.45) is 0 Å². The number of carbonyl (C=O) groups is 1. The molecular weight excluding hydrogens is 328 g/mol. The van der Waals surface area contributed by atoms with Gasteiger partial charge in [0.2, 0.25) is 0 Å². The molecule has 1 aliphatic heterocycles. The van der Waals surface area contributed by atoms with Gasteiger partial charge in [-0.25, -0.2) is 0 Å². The van der Waals surface area contributed by atoms with E-state index in [1.54, 1.807) is 13.2 Å². The summed E-state index contributed by atoms with van der Waals surface area (Å²) in [5.41, 5.74) is 0.610. The van der Waals surface area contributed by atoms with Crippen LogP contribution in [-0.2, 0) is 0 Å². The standard InChI is InChI=1S/C18H26N2O3.ClH/c1-22-17-11-13(18(21)20-12-14-5-4-10-19-14)8-9-16(17)23-15-6-2-3-7-15;/h8-9,11,14-15,19H,2-7,10,12H2,1H3,(H,20,21);1H. The van der Waals surface area contributed by atoms with Gasteiger partial charge in [-0.3, -0.25) is 4.79 Å². The molecule has 1 heterocycles. The van der Waals surface area contributed by atoms with E-state index in [2.05, 4.69) is 10.6 Å². The zero-order chi connectivity index (χ0) is 16.1. The summed E-state index contributed by atoms with van der Waals surface area (Å²) in [6, 6.07) is 5.82. The molecule has 134 valence electrons. The van der Waals surface area contributed by atoms with Crippen molar-refractivity contribution < 1.29 is 14.3 Å². The molecule has 1 aromatic rings. The van der Waals surface area contributed by atoms with Crippen molar-refractivity contribution in [1.82, 2.24) is 10.6 Å². The van der Waals surface area contributed by atoms with Crippen molar-refractivity contribution >= 4 is 18.3 Å². The quantitative estimate of drug-likeness (QED) is 0.824. The Hall–Kier alpha value is -1.46. The Morgan fingerprint density at radius 1 is 1.21 bits per heavy atom. The molecule has 0 aromatic heterocycles. The van der Waals surface area contributed by atoms with E-state index in [9.17, 15) is 4.79 Å². The Balaban J connectivity index is 0.00000208. The number of nitrogens with one attached hydrogen (secondary N) is 2. The number of halogens is 1. The van der Waals surface area contributed by atoms with Crippen molar-refractivity contribution in [2.75, 3.05) is 20.2 Å². The molecule has 2 aliphatic rings. The monoisotopic (exact) mass is 354 g/mol. The van der Waals surface area contributed by atoms with Gasteiger partial charge in [0.25, 0.3) is 5.91 Å². The van der Waals surface area contributed by atoms with Gasteiger partial charge in [0.1, 0.15) is 0 Å². The van der Waals surface area contributed by atoms with Crippen LogP contribution in [0.15, 0.2) is 18.2 Å². The molecule has 2 fully saturated rings. The number of benzene rings is 1. The lowest BCUT2D eigenvalue weighted by Crippen LogP contribution is -2.37. The molecule has 1 amide bonds. The number of rotatable bonds is 6. The fourth-order valence-electron chi connectivity index (χ4n) is 3.34. The molecule has 24 heavy (non-hydrogen) atoms. The van der Waals surface area contributed by atoms with Crippen LogP contribution in [0, 0.1) is 0 Å². The highest BCUT2D eigenvalue weighted by molar-refractivity contribution is 5.94. The Morgan fingerprint density at radius 3 is 2.67 bits per heavy atom. The molecule has 0 spiro atoms. The second-order valence-electron chi connectivity index (χ2n) is 6.39. The zero-order valence-corrected chi connectivity index (χ0v) is 15.0. The second-order valence-corrected chi connectivity index (χ2v) is 6.39. The third-order valence-corrected chi connectivity index (χ3v) is 4.69. The van der Waals surface area contributed by atoms with Crippen LogP contribution in [-0.4, -0.2) is 38.3 Å². The molecule has 1 aliphatic carbocycles. The van der Waals surface area contributed by atoms with Crippen molar-refractivity contribution in [2.45, 2.75) is 50.7 Å². The Bertz CT molecular complexity index is 541. The number of ether oxygens (including phenoxy) is 2. The first kappa shape index (κ1) is 18.9. The summed E-state index contributed by atoms with van der Waals surface area (Å²) in [5, 5.41) is 6.36. The van der Waals surface area contributed by atoms with Crippen LogP contribution in [0.1, 0.15) is 48.9 Å². The van der Waals surface area contributed by atoms with Crippen LogP contribution in [0.5, 0.6) is 11.5 Å².